The van der Waals surface area contributed by atoms with Crippen molar-refractivity contribution in [1.82, 2.24) is 15.5 Å². The maximum atomic E-state index is 12.0. The molecule has 1 unspecified atom stereocenters. The normalized spacial score (nSPS) is 16.1. The van der Waals surface area contributed by atoms with Gasteiger partial charge in [-0.2, -0.15) is 0 Å². The highest BCUT2D eigenvalue weighted by Gasteiger charge is 2.15. The van der Waals surface area contributed by atoms with Crippen molar-refractivity contribution in [2.45, 2.75) is 26.3 Å². The molecule has 22 heavy (non-hydrogen) atoms. The number of nitrogens with one attached hydrogen (secondary N) is 2. The average Bonchev–Trinajstić information content (AvgIpc) is 2.42. The zero-order valence-electron chi connectivity index (χ0n) is 13.3. The molecule has 4 nitrogen and oxygen atoms in total. The summed E-state index contributed by atoms with van der Waals surface area (Å²) in [4.78, 5) is 14.2. The summed E-state index contributed by atoms with van der Waals surface area (Å²) in [5.41, 5.74) is 2.60. The van der Waals surface area contributed by atoms with Crippen LogP contribution in [-0.4, -0.2) is 49.6 Å². The molecule has 1 aliphatic heterocycles. The van der Waals surface area contributed by atoms with E-state index >= 15 is 0 Å². The van der Waals surface area contributed by atoms with Gasteiger partial charge in [-0.15, -0.1) is 24.8 Å². The molecule has 0 radical (unpaired) electrons. The van der Waals surface area contributed by atoms with E-state index in [1.807, 2.05) is 6.07 Å². The Hall–Kier alpha value is -0.810. The van der Waals surface area contributed by atoms with Crippen LogP contribution in [0.15, 0.2) is 24.3 Å². The van der Waals surface area contributed by atoms with Crippen molar-refractivity contribution in [3.05, 3.63) is 35.4 Å². The van der Waals surface area contributed by atoms with Gasteiger partial charge in [-0.3, -0.25) is 9.69 Å². The molecule has 1 aliphatic rings. The van der Waals surface area contributed by atoms with Crippen LogP contribution in [0.5, 0.6) is 0 Å². The monoisotopic (exact) mass is 347 g/mol. The molecule has 1 saturated heterocycles. The van der Waals surface area contributed by atoms with E-state index in [2.05, 4.69) is 47.6 Å². The Morgan fingerprint density at radius 2 is 1.91 bits per heavy atom. The molecule has 1 fully saturated rings. The summed E-state index contributed by atoms with van der Waals surface area (Å²) < 4.78 is 0. The topological polar surface area (TPSA) is 44.4 Å². The van der Waals surface area contributed by atoms with E-state index in [-0.39, 0.29) is 36.8 Å². The van der Waals surface area contributed by atoms with E-state index in [0.717, 1.165) is 32.6 Å². The highest BCUT2D eigenvalue weighted by Crippen LogP contribution is 2.09. The molecule has 0 spiro atoms. The minimum absolute atomic E-state index is 0. The van der Waals surface area contributed by atoms with Crippen LogP contribution in [0, 0.1) is 6.92 Å². The Bertz CT molecular complexity index is 451. The molecule has 1 aromatic rings. The molecule has 1 heterocycles. The van der Waals surface area contributed by atoms with Gasteiger partial charge < -0.3 is 10.6 Å². The summed E-state index contributed by atoms with van der Waals surface area (Å²) in [6, 6.07) is 8.52. The van der Waals surface area contributed by atoms with Gasteiger partial charge in [-0.25, -0.2) is 0 Å². The van der Waals surface area contributed by atoms with Gasteiger partial charge in [0.05, 0.1) is 6.54 Å². The van der Waals surface area contributed by atoms with Gasteiger partial charge in [0.1, 0.15) is 0 Å². The first kappa shape index (κ1) is 21.2. The number of aryl methyl sites for hydroxylation is 1. The van der Waals surface area contributed by atoms with E-state index in [0.29, 0.717) is 6.54 Å². The molecule has 0 aliphatic carbocycles. The third-order valence-corrected chi connectivity index (χ3v) is 3.77. The van der Waals surface area contributed by atoms with Crippen molar-refractivity contribution in [3.63, 3.8) is 0 Å². The number of benzene rings is 1. The van der Waals surface area contributed by atoms with Gasteiger partial charge >= 0.3 is 0 Å². The van der Waals surface area contributed by atoms with E-state index in [1.54, 1.807) is 0 Å². The second-order valence-corrected chi connectivity index (χ2v) is 5.63. The van der Waals surface area contributed by atoms with Crippen LogP contribution in [0.2, 0.25) is 0 Å². The van der Waals surface area contributed by atoms with Crippen LogP contribution in [-0.2, 0) is 11.2 Å². The van der Waals surface area contributed by atoms with Gasteiger partial charge in [-0.05, 0) is 31.4 Å². The largest absolute Gasteiger partial charge is 0.352 e. The number of hydrogen-bond donors (Lipinski definition) is 2. The first-order valence-corrected chi connectivity index (χ1v) is 7.42. The molecule has 0 aromatic heterocycles. The molecule has 1 aromatic carbocycles. The van der Waals surface area contributed by atoms with Crippen molar-refractivity contribution >= 4 is 30.7 Å². The predicted molar refractivity (Wildman–Crippen MR) is 96.3 cm³/mol. The summed E-state index contributed by atoms with van der Waals surface area (Å²) in [7, 11) is 0. The first-order valence-electron chi connectivity index (χ1n) is 7.42. The minimum atomic E-state index is 0. The first-order chi connectivity index (χ1) is 9.65. The van der Waals surface area contributed by atoms with E-state index < -0.39 is 0 Å². The number of amides is 1. The molecule has 6 heteroatoms. The molecule has 1 amide bonds. The Morgan fingerprint density at radius 3 is 2.55 bits per heavy atom. The Labute approximate surface area is 145 Å². The smallest absolute Gasteiger partial charge is 0.234 e. The number of piperazine rings is 1. The number of halogens is 2. The van der Waals surface area contributed by atoms with Crippen LogP contribution in [0.1, 0.15) is 18.1 Å². The van der Waals surface area contributed by atoms with Gasteiger partial charge in [-0.1, -0.05) is 24.3 Å². The van der Waals surface area contributed by atoms with Crippen molar-refractivity contribution in [3.8, 4) is 0 Å². The molecule has 0 saturated carbocycles. The lowest BCUT2D eigenvalue weighted by Gasteiger charge is -2.27. The molecule has 126 valence electrons. The minimum Gasteiger partial charge on any atom is -0.352 e. The molecule has 2 N–H and O–H groups in total. The lowest BCUT2D eigenvalue weighted by molar-refractivity contribution is -0.122. The fraction of sp³-hybridized carbons (Fsp3) is 0.562. The van der Waals surface area contributed by atoms with Gasteiger partial charge in [0, 0.05) is 32.2 Å². The molecular formula is C16H27Cl2N3O. The van der Waals surface area contributed by atoms with Crippen molar-refractivity contribution in [1.29, 1.82) is 0 Å². The van der Waals surface area contributed by atoms with Crippen LogP contribution >= 0.6 is 24.8 Å². The third-order valence-electron chi connectivity index (χ3n) is 3.77. The number of carbonyl (C=O) groups is 1. The summed E-state index contributed by atoms with van der Waals surface area (Å²) >= 11 is 0. The number of hydrogen-bond acceptors (Lipinski definition) is 3. The van der Waals surface area contributed by atoms with Crippen LogP contribution in [0.3, 0.4) is 0 Å². The predicted octanol–water partition coefficient (Wildman–Crippen LogP) is 1.79. The molecule has 0 bridgehead atoms. The van der Waals surface area contributed by atoms with Gasteiger partial charge in [0.15, 0.2) is 0 Å². The Morgan fingerprint density at radius 1 is 1.27 bits per heavy atom. The van der Waals surface area contributed by atoms with Gasteiger partial charge in [0.2, 0.25) is 5.91 Å². The van der Waals surface area contributed by atoms with Crippen LogP contribution < -0.4 is 10.6 Å². The molecular weight excluding hydrogens is 321 g/mol. The number of nitrogens with zero attached hydrogens (tertiary/aromatic N) is 1. The average molecular weight is 348 g/mol. The quantitative estimate of drug-likeness (QED) is 0.853. The summed E-state index contributed by atoms with van der Waals surface area (Å²) in [5.74, 6) is 0.132. The number of carbonyl (C=O) groups excluding carboxylic acids is 1. The highest BCUT2D eigenvalue weighted by atomic mass is 35.5. The third kappa shape index (κ3) is 6.97. The molecule has 2 rings (SSSR count). The lowest BCUT2D eigenvalue weighted by Crippen LogP contribution is -2.48. The van der Waals surface area contributed by atoms with Crippen LogP contribution in [0.25, 0.3) is 0 Å². The maximum Gasteiger partial charge on any atom is 0.234 e. The zero-order valence-corrected chi connectivity index (χ0v) is 14.9. The molecule has 1 atom stereocenters. The Balaban J connectivity index is 0.00000220. The lowest BCUT2D eigenvalue weighted by atomic mass is 10.0. The maximum absolute atomic E-state index is 12.0. The summed E-state index contributed by atoms with van der Waals surface area (Å²) in [6.45, 7) is 8.57. The second-order valence-electron chi connectivity index (χ2n) is 5.63. The van der Waals surface area contributed by atoms with E-state index in [9.17, 15) is 4.79 Å². The van der Waals surface area contributed by atoms with Crippen molar-refractivity contribution < 1.29 is 4.79 Å². The van der Waals surface area contributed by atoms with Gasteiger partial charge in [0.25, 0.3) is 0 Å². The SMILES string of the molecule is Cc1ccccc1CC(C)NC(=O)CN1CCNCC1.Cl.Cl. The summed E-state index contributed by atoms with van der Waals surface area (Å²) in [6.07, 6.45) is 0.889. The second kappa shape index (κ2) is 10.8. The van der Waals surface area contributed by atoms with E-state index in [4.69, 9.17) is 0 Å². The van der Waals surface area contributed by atoms with Crippen LogP contribution in [0.4, 0.5) is 0 Å². The van der Waals surface area contributed by atoms with Crippen molar-refractivity contribution in [2.24, 2.45) is 0 Å². The van der Waals surface area contributed by atoms with Crippen molar-refractivity contribution in [2.75, 3.05) is 32.7 Å². The fourth-order valence-electron chi connectivity index (χ4n) is 2.61. The standard InChI is InChI=1S/C16H25N3O.2ClH/c1-13-5-3-4-6-15(13)11-14(2)18-16(20)12-19-9-7-17-8-10-19;;/h3-6,14,17H,7-12H2,1-2H3,(H,18,20);2*1H. The van der Waals surface area contributed by atoms with E-state index in [1.165, 1.54) is 11.1 Å². The Kier molecular flexibility index (Phi) is 10.4. The summed E-state index contributed by atoms with van der Waals surface area (Å²) in [5, 5.41) is 6.40. The fourth-order valence-corrected chi connectivity index (χ4v) is 2.61. The highest BCUT2D eigenvalue weighted by molar-refractivity contribution is 5.85. The zero-order chi connectivity index (χ0) is 14.4. The number of rotatable bonds is 5.